The Morgan fingerprint density at radius 1 is 0.653 bits per heavy atom. The van der Waals surface area contributed by atoms with Gasteiger partial charge in [-0.2, -0.15) is 17.2 Å². The number of benzene rings is 5. The first-order valence-corrected chi connectivity index (χ1v) is 16.5. The summed E-state index contributed by atoms with van der Waals surface area (Å²) in [6.07, 6.45) is 3.88. The number of ether oxygens (including phenoxy) is 1. The van der Waals surface area contributed by atoms with E-state index in [0.717, 1.165) is 33.9 Å². The van der Waals surface area contributed by atoms with Gasteiger partial charge in [-0.25, -0.2) is 0 Å². The normalized spacial score (nSPS) is 12.9. The molecule has 1 aromatic heterocycles. The molecule has 1 aliphatic heterocycles. The minimum Gasteiger partial charge on any atom is -0.509 e. The third kappa shape index (κ3) is 6.96. The van der Waals surface area contributed by atoms with Crippen molar-refractivity contribution in [2.24, 2.45) is 0 Å². The second kappa shape index (κ2) is 13.4. The molecule has 0 unspecified atom stereocenters. The molecule has 0 N–H and O–H groups in total. The molecule has 0 radical (unpaired) electrons. The maximum Gasteiger partial charge on any atom is 0.0571 e. The molecule has 2 heterocycles. The summed E-state index contributed by atoms with van der Waals surface area (Å²) in [7, 11) is 0. The number of rotatable bonds is 6. The van der Waals surface area contributed by atoms with Crippen LogP contribution in [-0.4, -0.2) is 9.78 Å². The van der Waals surface area contributed by atoms with E-state index in [9.17, 15) is 0 Å². The maximum absolute atomic E-state index is 6.35. The van der Waals surface area contributed by atoms with Gasteiger partial charge < -0.3 is 14.5 Å². The van der Waals surface area contributed by atoms with E-state index < -0.39 is 0 Å². The molecule has 7 rings (SSSR count). The molecular formula is C43H41N4OPt-3. The molecular weight excluding hydrogens is 784 g/mol. The van der Waals surface area contributed by atoms with Gasteiger partial charge in [-0.1, -0.05) is 96.1 Å². The fraction of sp³-hybridized carbons (Fsp3) is 0.209. The van der Waals surface area contributed by atoms with Crippen molar-refractivity contribution in [1.29, 1.82) is 0 Å². The molecule has 6 heteroatoms. The van der Waals surface area contributed by atoms with Gasteiger partial charge in [-0.05, 0) is 57.8 Å². The fourth-order valence-corrected chi connectivity index (χ4v) is 6.20. The predicted octanol–water partition coefficient (Wildman–Crippen LogP) is 11.2. The number of aromatic nitrogens is 2. The van der Waals surface area contributed by atoms with E-state index >= 15 is 0 Å². The topological polar surface area (TPSA) is 33.5 Å². The van der Waals surface area contributed by atoms with Crippen molar-refractivity contribution >= 4 is 22.7 Å². The molecule has 49 heavy (non-hydrogen) atoms. The van der Waals surface area contributed by atoms with E-state index in [4.69, 9.17) is 4.74 Å². The van der Waals surface area contributed by atoms with Crippen LogP contribution in [0.5, 0.6) is 11.5 Å². The van der Waals surface area contributed by atoms with E-state index in [1.807, 2.05) is 65.6 Å². The molecule has 5 nitrogen and oxygen atoms in total. The van der Waals surface area contributed by atoms with E-state index in [2.05, 4.69) is 137 Å². The van der Waals surface area contributed by atoms with Crippen LogP contribution in [0.1, 0.15) is 58.2 Å². The smallest absolute Gasteiger partial charge is 0.0571 e. The van der Waals surface area contributed by atoms with Gasteiger partial charge in [-0.3, -0.25) is 4.68 Å². The summed E-state index contributed by atoms with van der Waals surface area (Å²) in [6, 6.07) is 42.3. The Kier molecular flexibility index (Phi) is 9.35. The minimum atomic E-state index is -0.0538. The first kappa shape index (κ1) is 34.3. The predicted molar refractivity (Wildman–Crippen MR) is 197 cm³/mol. The summed E-state index contributed by atoms with van der Waals surface area (Å²) < 4.78 is 8.17. The molecule has 0 bridgehead atoms. The molecule has 0 atom stereocenters. The monoisotopic (exact) mass is 824 g/mol. The zero-order chi connectivity index (χ0) is 33.6. The van der Waals surface area contributed by atoms with E-state index in [1.54, 1.807) is 0 Å². The molecule has 1 aliphatic rings. The number of hydrogen-bond donors (Lipinski definition) is 0. The Morgan fingerprint density at radius 2 is 1.27 bits per heavy atom. The van der Waals surface area contributed by atoms with Crippen LogP contribution in [0.3, 0.4) is 0 Å². The standard InChI is InChI=1S/C43H41N4O.Pt/c1-30-23-33(42(2,3)4)24-38(43(5,6)7)41(30)46-29-45(39-21-11-12-22-40(39)46)34-17-13-19-36(25-34)48-37-20-14-18-35(26-37)47-28-32(27-44-47)31-15-9-8-10-16-31;/h8-24,27-29H,1-7H3;/q-3;. The van der Waals surface area contributed by atoms with Crippen molar-refractivity contribution < 1.29 is 25.8 Å². The number of fused-ring (bicyclic) bond motifs is 1. The first-order valence-electron chi connectivity index (χ1n) is 16.5. The largest absolute Gasteiger partial charge is 0.509 e. The Bertz CT molecular complexity index is 2090. The van der Waals surface area contributed by atoms with Crippen LogP contribution in [0.2, 0.25) is 0 Å². The second-order valence-electron chi connectivity index (χ2n) is 14.5. The van der Waals surface area contributed by atoms with Crippen LogP contribution in [0.25, 0.3) is 16.8 Å². The average Bonchev–Trinajstić information content (AvgIpc) is 3.71. The van der Waals surface area contributed by atoms with Crippen molar-refractivity contribution in [3.05, 3.63) is 151 Å². The van der Waals surface area contributed by atoms with Gasteiger partial charge in [0, 0.05) is 61.4 Å². The van der Waals surface area contributed by atoms with E-state index in [0.29, 0.717) is 11.5 Å². The molecule has 0 fully saturated rings. The van der Waals surface area contributed by atoms with E-state index in [-0.39, 0.29) is 31.9 Å². The van der Waals surface area contributed by atoms with Crippen molar-refractivity contribution in [2.75, 3.05) is 9.80 Å². The molecule has 252 valence electrons. The number of nitrogens with zero attached hydrogens (tertiary/aromatic N) is 4. The van der Waals surface area contributed by atoms with Gasteiger partial charge in [0.15, 0.2) is 0 Å². The van der Waals surface area contributed by atoms with Crippen molar-refractivity contribution in [2.45, 2.75) is 59.3 Å². The average molecular weight is 825 g/mol. The third-order valence-corrected chi connectivity index (χ3v) is 8.77. The first-order chi connectivity index (χ1) is 23.0. The Balaban J connectivity index is 0.00000417. The summed E-state index contributed by atoms with van der Waals surface area (Å²) in [4.78, 5) is 4.53. The number of aryl methyl sites for hydroxylation is 1. The zero-order valence-corrected chi connectivity index (χ0v) is 31.3. The minimum absolute atomic E-state index is 0. The third-order valence-electron chi connectivity index (χ3n) is 8.77. The Labute approximate surface area is 305 Å². The molecule has 0 saturated carbocycles. The second-order valence-corrected chi connectivity index (χ2v) is 14.5. The van der Waals surface area contributed by atoms with Gasteiger partial charge in [0.25, 0.3) is 0 Å². The summed E-state index contributed by atoms with van der Waals surface area (Å²) in [5.74, 6) is 1.20. The van der Waals surface area contributed by atoms with Crippen molar-refractivity contribution in [3.8, 4) is 28.3 Å². The molecule has 0 spiro atoms. The number of para-hydroxylation sites is 2. The van der Waals surface area contributed by atoms with Crippen molar-refractivity contribution in [1.82, 2.24) is 9.78 Å². The number of hydrogen-bond acceptors (Lipinski definition) is 4. The summed E-state index contributed by atoms with van der Waals surface area (Å²) >= 11 is 0. The fourth-order valence-electron chi connectivity index (χ4n) is 6.20. The maximum atomic E-state index is 6.35. The van der Waals surface area contributed by atoms with Crippen LogP contribution in [-0.2, 0) is 31.9 Å². The van der Waals surface area contributed by atoms with Gasteiger partial charge >= 0.3 is 0 Å². The summed E-state index contributed by atoms with van der Waals surface area (Å²) in [5.41, 5.74) is 11.2. The zero-order valence-electron chi connectivity index (χ0n) is 29.1. The van der Waals surface area contributed by atoms with Gasteiger partial charge in [0.1, 0.15) is 0 Å². The van der Waals surface area contributed by atoms with E-state index in [1.165, 1.54) is 22.4 Å². The van der Waals surface area contributed by atoms with Crippen LogP contribution in [0, 0.1) is 25.7 Å². The van der Waals surface area contributed by atoms with Gasteiger partial charge in [0.05, 0.1) is 6.20 Å². The molecule has 5 aromatic carbocycles. The van der Waals surface area contributed by atoms with Crippen LogP contribution >= 0.6 is 0 Å². The van der Waals surface area contributed by atoms with Crippen LogP contribution < -0.4 is 14.5 Å². The SMILES string of the molecule is Cc1cc(C(C)(C)C)cc(C(C)(C)C)c1N1[CH-]N(c2[c-]c(Oc3[c-]c(-n4cc(-c5ccccc5)cn4)ccc3)ccc2)c2ccccc21.[Pt]. The Hall–Kier alpha value is -4.60. The van der Waals surface area contributed by atoms with Crippen LogP contribution in [0.15, 0.2) is 116 Å². The van der Waals surface area contributed by atoms with Gasteiger partial charge in [0.2, 0.25) is 0 Å². The molecule has 0 amide bonds. The van der Waals surface area contributed by atoms with Gasteiger partial charge in [-0.15, -0.1) is 48.8 Å². The van der Waals surface area contributed by atoms with Crippen LogP contribution in [0.4, 0.5) is 22.7 Å². The summed E-state index contributed by atoms with van der Waals surface area (Å²) in [6.45, 7) is 18.2. The quantitative estimate of drug-likeness (QED) is 0.157. The Morgan fingerprint density at radius 3 is 1.92 bits per heavy atom. The summed E-state index contributed by atoms with van der Waals surface area (Å²) in [5, 5.41) is 4.58. The molecule has 0 aliphatic carbocycles. The van der Waals surface area contributed by atoms with Crippen molar-refractivity contribution in [3.63, 3.8) is 0 Å². The number of anilines is 4. The molecule has 6 aromatic rings. The molecule has 0 saturated heterocycles.